The van der Waals surface area contributed by atoms with E-state index in [0.29, 0.717) is 48.6 Å². The van der Waals surface area contributed by atoms with Gasteiger partial charge in [0.2, 0.25) is 0 Å². The summed E-state index contributed by atoms with van der Waals surface area (Å²) in [6, 6.07) is 9.24. The second kappa shape index (κ2) is 7.96. The predicted octanol–water partition coefficient (Wildman–Crippen LogP) is 2.40. The summed E-state index contributed by atoms with van der Waals surface area (Å²) in [6.45, 7) is 6.93. The smallest absolute Gasteiger partial charge is 0.285 e. The van der Waals surface area contributed by atoms with Crippen molar-refractivity contribution in [2.24, 2.45) is 11.4 Å². The van der Waals surface area contributed by atoms with Crippen LogP contribution >= 0.6 is 0 Å². The molecule has 1 saturated heterocycles. The third-order valence-corrected chi connectivity index (χ3v) is 7.40. The molecule has 0 bridgehead atoms. The highest BCUT2D eigenvalue weighted by molar-refractivity contribution is 8.00. The topological polar surface area (TPSA) is 96.7 Å². The minimum atomic E-state index is -3.73. The number of benzene rings is 1. The van der Waals surface area contributed by atoms with E-state index in [4.69, 9.17) is 0 Å². The number of nitrogens with zero attached hydrogens (tertiary/aromatic N) is 4. The van der Waals surface area contributed by atoms with Crippen LogP contribution in [0.2, 0.25) is 0 Å². The molecule has 1 amide bonds. The number of aryl methyl sites for hydroxylation is 3. The summed E-state index contributed by atoms with van der Waals surface area (Å²) in [6.07, 6.45) is 1.42. The van der Waals surface area contributed by atoms with E-state index >= 15 is 0 Å². The maximum absolute atomic E-state index is 12.8. The van der Waals surface area contributed by atoms with Crippen LogP contribution < -0.4 is 5.32 Å². The zero-order valence-electron chi connectivity index (χ0n) is 18.2. The number of piperidine rings is 1. The molecule has 2 aromatic rings. The van der Waals surface area contributed by atoms with Crippen molar-refractivity contribution in [2.75, 3.05) is 13.1 Å². The van der Waals surface area contributed by atoms with Crippen molar-refractivity contribution in [3.63, 3.8) is 0 Å². The van der Waals surface area contributed by atoms with E-state index in [-0.39, 0.29) is 16.9 Å². The number of amides is 1. The molecule has 9 heteroatoms. The van der Waals surface area contributed by atoms with Gasteiger partial charge in [-0.25, -0.2) is 0 Å². The van der Waals surface area contributed by atoms with Crippen LogP contribution in [0.25, 0.3) is 4.91 Å². The first-order valence-electron chi connectivity index (χ1n) is 10.4. The van der Waals surface area contributed by atoms with Gasteiger partial charge in [0.15, 0.2) is 0 Å². The number of amidine groups is 1. The molecule has 2 aliphatic heterocycles. The third-order valence-electron chi connectivity index (χ3n) is 5.93. The summed E-state index contributed by atoms with van der Waals surface area (Å²) in [5.74, 6) is 0.335. The van der Waals surface area contributed by atoms with Gasteiger partial charge in [0.05, 0.1) is 0 Å². The minimum absolute atomic E-state index is 0.0190. The first kappa shape index (κ1) is 21.3. The monoisotopic (exact) mass is 441 g/mol. The molecule has 0 unspecified atom stereocenters. The molecule has 31 heavy (non-hydrogen) atoms. The largest absolute Gasteiger partial charge is 0.356 e. The van der Waals surface area contributed by atoms with Crippen LogP contribution in [0, 0.1) is 13.8 Å². The van der Waals surface area contributed by atoms with Gasteiger partial charge in [0.1, 0.15) is 16.4 Å². The fourth-order valence-electron chi connectivity index (χ4n) is 4.05. The van der Waals surface area contributed by atoms with E-state index in [1.807, 2.05) is 57.0 Å². The van der Waals surface area contributed by atoms with Crippen LogP contribution in [0.3, 0.4) is 0 Å². The second-order valence-electron chi connectivity index (χ2n) is 8.24. The standard InChI is InChI=1S/C22H27N5O3S/c1-14-5-7-17(8-6-14)20-16(3)21(25-31(20,29)30)27-11-9-18(10-12-27)23-22(28)19-13-15(2)26(4)24-19/h5-8,13,18H,9-12H2,1-4H3,(H,23,28). The van der Waals surface area contributed by atoms with Crippen molar-refractivity contribution in [1.29, 1.82) is 0 Å². The van der Waals surface area contributed by atoms with Gasteiger partial charge in [-0.15, -0.1) is 4.40 Å². The number of sulfonamides is 1. The number of hydrogen-bond acceptors (Lipinski definition) is 5. The van der Waals surface area contributed by atoms with Crippen LogP contribution in [-0.4, -0.2) is 54.0 Å². The summed E-state index contributed by atoms with van der Waals surface area (Å²) in [5, 5.41) is 7.27. The summed E-state index contributed by atoms with van der Waals surface area (Å²) < 4.78 is 31.3. The van der Waals surface area contributed by atoms with E-state index in [9.17, 15) is 13.2 Å². The number of aromatic nitrogens is 2. The predicted molar refractivity (Wildman–Crippen MR) is 120 cm³/mol. The van der Waals surface area contributed by atoms with E-state index in [2.05, 4.69) is 14.8 Å². The van der Waals surface area contributed by atoms with Crippen molar-refractivity contribution in [1.82, 2.24) is 20.0 Å². The molecule has 0 atom stereocenters. The van der Waals surface area contributed by atoms with Crippen molar-refractivity contribution < 1.29 is 13.2 Å². The average molecular weight is 442 g/mol. The number of carbonyl (C=O) groups is 1. The number of nitrogens with one attached hydrogen (secondary N) is 1. The van der Waals surface area contributed by atoms with Crippen LogP contribution in [0.4, 0.5) is 0 Å². The van der Waals surface area contributed by atoms with Crippen LogP contribution in [0.1, 0.15) is 47.1 Å². The van der Waals surface area contributed by atoms with Gasteiger partial charge in [0.25, 0.3) is 15.9 Å². The van der Waals surface area contributed by atoms with Crippen LogP contribution in [0.15, 0.2) is 40.3 Å². The zero-order valence-corrected chi connectivity index (χ0v) is 19.0. The Morgan fingerprint density at radius 2 is 1.74 bits per heavy atom. The zero-order chi connectivity index (χ0) is 22.3. The van der Waals surface area contributed by atoms with Gasteiger partial charge in [0, 0.05) is 37.4 Å². The fraction of sp³-hybridized carbons (Fsp3) is 0.409. The molecule has 1 fully saturated rings. The van der Waals surface area contributed by atoms with Crippen LogP contribution in [0.5, 0.6) is 0 Å². The average Bonchev–Trinajstić information content (AvgIpc) is 3.18. The van der Waals surface area contributed by atoms with E-state index < -0.39 is 10.0 Å². The highest BCUT2D eigenvalue weighted by Gasteiger charge is 2.35. The lowest BCUT2D eigenvalue weighted by atomic mass is 10.0. The maximum Gasteiger partial charge on any atom is 0.285 e. The highest BCUT2D eigenvalue weighted by atomic mass is 32.2. The Hall–Kier alpha value is -2.94. The van der Waals surface area contributed by atoms with Crippen molar-refractivity contribution in [3.05, 3.63) is 58.4 Å². The second-order valence-corrected chi connectivity index (χ2v) is 9.78. The minimum Gasteiger partial charge on any atom is -0.356 e. The molecule has 164 valence electrons. The first-order valence-corrected chi connectivity index (χ1v) is 11.8. The normalized spacial score (nSPS) is 19.0. The maximum atomic E-state index is 12.8. The molecule has 0 radical (unpaired) electrons. The fourth-order valence-corrected chi connectivity index (χ4v) is 5.54. The van der Waals surface area contributed by atoms with E-state index in [1.165, 1.54) is 0 Å². The molecule has 1 aromatic carbocycles. The number of rotatable bonds is 3. The molecule has 0 aliphatic carbocycles. The summed E-state index contributed by atoms with van der Waals surface area (Å²) in [4.78, 5) is 14.7. The van der Waals surface area contributed by atoms with Gasteiger partial charge in [-0.05, 0) is 45.2 Å². The quantitative estimate of drug-likeness (QED) is 0.789. The molecular formula is C22H27N5O3S. The van der Waals surface area contributed by atoms with E-state index in [1.54, 1.807) is 10.7 Å². The third kappa shape index (κ3) is 4.14. The molecular weight excluding hydrogens is 414 g/mol. The van der Waals surface area contributed by atoms with Crippen molar-refractivity contribution >= 4 is 26.7 Å². The Morgan fingerprint density at radius 3 is 2.32 bits per heavy atom. The van der Waals surface area contributed by atoms with Gasteiger partial charge in [-0.2, -0.15) is 13.5 Å². The van der Waals surface area contributed by atoms with Gasteiger partial charge >= 0.3 is 0 Å². The van der Waals surface area contributed by atoms with Crippen molar-refractivity contribution in [2.45, 2.75) is 39.7 Å². The number of carbonyl (C=O) groups excluding carboxylic acids is 1. The SMILES string of the molecule is CC1=C(c2ccc(C)cc2)S(=O)(=O)N=C1N1CCC(NC(=O)c2cc(C)n(C)n2)CC1. The molecule has 3 heterocycles. The lowest BCUT2D eigenvalue weighted by molar-refractivity contribution is 0.0916. The molecule has 1 aromatic heterocycles. The summed E-state index contributed by atoms with van der Waals surface area (Å²) >= 11 is 0. The molecule has 2 aliphatic rings. The lowest BCUT2D eigenvalue weighted by Gasteiger charge is -2.33. The summed E-state index contributed by atoms with van der Waals surface area (Å²) in [5.41, 5.74) is 3.75. The Morgan fingerprint density at radius 1 is 1.10 bits per heavy atom. The Balaban J connectivity index is 1.45. The Bertz CT molecular complexity index is 1160. The molecule has 4 rings (SSSR count). The number of likely N-dealkylation sites (tertiary alicyclic amines) is 1. The highest BCUT2D eigenvalue weighted by Crippen LogP contribution is 2.34. The van der Waals surface area contributed by atoms with Gasteiger partial charge in [-0.3, -0.25) is 9.48 Å². The van der Waals surface area contributed by atoms with Crippen molar-refractivity contribution in [3.8, 4) is 0 Å². The van der Waals surface area contributed by atoms with Gasteiger partial charge < -0.3 is 10.2 Å². The summed E-state index contributed by atoms with van der Waals surface area (Å²) in [7, 11) is -1.92. The Labute approximate surface area is 182 Å². The van der Waals surface area contributed by atoms with Crippen LogP contribution in [-0.2, 0) is 17.1 Å². The Kier molecular flexibility index (Phi) is 5.47. The molecule has 8 nitrogen and oxygen atoms in total. The lowest BCUT2D eigenvalue weighted by Crippen LogP contribution is -2.46. The van der Waals surface area contributed by atoms with Gasteiger partial charge in [-0.1, -0.05) is 29.8 Å². The first-order chi connectivity index (χ1) is 14.7. The molecule has 0 spiro atoms. The number of hydrogen-bond donors (Lipinski definition) is 1. The van der Waals surface area contributed by atoms with E-state index in [0.717, 1.165) is 11.3 Å². The molecule has 1 N–H and O–H groups in total. The molecule has 0 saturated carbocycles.